The average Bonchev–Trinajstić information content (AvgIpc) is 3.20. The summed E-state index contributed by atoms with van der Waals surface area (Å²) in [7, 11) is 0. The monoisotopic (exact) mass is 466 g/mol. The summed E-state index contributed by atoms with van der Waals surface area (Å²) in [6.07, 6.45) is 0. The molecular weight excluding hydrogens is 454 g/mol. The number of carbonyl (C=O) groups excluding carboxylic acids is 1. The molecule has 0 aliphatic carbocycles. The first-order chi connectivity index (χ1) is 15.4. The highest BCUT2D eigenvalue weighted by molar-refractivity contribution is 6.35. The lowest BCUT2D eigenvalue weighted by molar-refractivity contribution is 0.102. The van der Waals surface area contributed by atoms with E-state index >= 15 is 0 Å². The van der Waals surface area contributed by atoms with Crippen LogP contribution in [-0.2, 0) is 0 Å². The molecule has 158 valence electrons. The fourth-order valence-corrected chi connectivity index (χ4v) is 3.45. The summed E-state index contributed by atoms with van der Waals surface area (Å²) in [5.74, 6) is -1.33. The number of para-hydroxylation sites is 1. The maximum Gasteiger partial charge on any atom is 0.258 e. The number of nitrogens with two attached hydrogens (primary N) is 1. The molecule has 7 nitrogen and oxygen atoms in total. The van der Waals surface area contributed by atoms with Crippen LogP contribution in [0.3, 0.4) is 0 Å². The molecule has 2 aromatic heterocycles. The average molecular weight is 467 g/mol. The van der Waals surface area contributed by atoms with Crippen molar-refractivity contribution in [3.05, 3.63) is 87.8 Å². The van der Waals surface area contributed by atoms with Crippen LogP contribution in [-0.4, -0.2) is 20.7 Å². The minimum absolute atomic E-state index is 0.0335. The van der Waals surface area contributed by atoms with Crippen molar-refractivity contribution < 1.29 is 9.18 Å². The smallest absolute Gasteiger partial charge is 0.258 e. The lowest BCUT2D eigenvalue weighted by Crippen LogP contribution is -2.15. The van der Waals surface area contributed by atoms with Gasteiger partial charge in [-0.1, -0.05) is 47.5 Å². The number of pyridine rings is 1. The van der Waals surface area contributed by atoms with E-state index in [1.54, 1.807) is 30.3 Å². The summed E-state index contributed by atoms with van der Waals surface area (Å²) in [4.78, 5) is 17.0. The van der Waals surface area contributed by atoms with E-state index in [-0.39, 0.29) is 38.6 Å². The zero-order valence-corrected chi connectivity index (χ0v) is 17.7. The predicted molar refractivity (Wildman–Crippen MR) is 120 cm³/mol. The molecule has 0 aliphatic rings. The van der Waals surface area contributed by atoms with Gasteiger partial charge in [0.1, 0.15) is 11.9 Å². The van der Waals surface area contributed by atoms with Gasteiger partial charge in [0.2, 0.25) is 0 Å². The minimum atomic E-state index is -0.742. The summed E-state index contributed by atoms with van der Waals surface area (Å²) in [6.45, 7) is 0. The van der Waals surface area contributed by atoms with E-state index in [1.807, 2.05) is 12.1 Å². The maximum absolute atomic E-state index is 13.6. The molecule has 0 saturated carbocycles. The van der Waals surface area contributed by atoms with E-state index in [0.717, 1.165) is 6.07 Å². The first-order valence-electron chi connectivity index (χ1n) is 9.15. The molecule has 0 saturated heterocycles. The van der Waals surface area contributed by atoms with Gasteiger partial charge < -0.3 is 11.1 Å². The molecule has 4 aromatic rings. The second kappa shape index (κ2) is 8.67. The SMILES string of the molecule is N#Cc1cc(NC(=O)c2cc(-c3nc(N)c(F)cc3Cl)ccc2Cl)n(-c2ccccc2)n1. The zero-order valence-electron chi connectivity index (χ0n) is 16.2. The highest BCUT2D eigenvalue weighted by atomic mass is 35.5. The lowest BCUT2D eigenvalue weighted by Gasteiger charge is -2.11. The van der Waals surface area contributed by atoms with Gasteiger partial charge in [-0.2, -0.15) is 10.4 Å². The fourth-order valence-electron chi connectivity index (χ4n) is 3.00. The van der Waals surface area contributed by atoms with Gasteiger partial charge in [-0.3, -0.25) is 4.79 Å². The number of rotatable bonds is 4. The number of hydrogen-bond donors (Lipinski definition) is 2. The number of nitrogens with one attached hydrogen (secondary N) is 1. The number of nitrogens with zero attached hydrogens (tertiary/aromatic N) is 4. The quantitative estimate of drug-likeness (QED) is 0.435. The van der Waals surface area contributed by atoms with Crippen LogP contribution in [0, 0.1) is 17.1 Å². The van der Waals surface area contributed by atoms with Crippen molar-refractivity contribution in [2.45, 2.75) is 0 Å². The maximum atomic E-state index is 13.6. The second-order valence-corrected chi connectivity index (χ2v) is 7.42. The Morgan fingerprint density at radius 3 is 2.56 bits per heavy atom. The van der Waals surface area contributed by atoms with Crippen LogP contribution in [0.2, 0.25) is 10.0 Å². The van der Waals surface area contributed by atoms with E-state index in [4.69, 9.17) is 28.9 Å². The summed E-state index contributed by atoms with van der Waals surface area (Å²) >= 11 is 12.4. The van der Waals surface area contributed by atoms with Crippen LogP contribution in [0.4, 0.5) is 16.0 Å². The first kappa shape index (κ1) is 21.3. The molecule has 2 aromatic carbocycles. The summed E-state index contributed by atoms with van der Waals surface area (Å²) in [5.41, 5.74) is 7.08. The molecule has 0 unspecified atom stereocenters. The lowest BCUT2D eigenvalue weighted by atomic mass is 10.1. The molecule has 0 radical (unpaired) electrons. The number of aromatic nitrogens is 3. The Morgan fingerprint density at radius 1 is 1.09 bits per heavy atom. The van der Waals surface area contributed by atoms with E-state index < -0.39 is 11.7 Å². The Labute approximate surface area is 191 Å². The fraction of sp³-hybridized carbons (Fsp3) is 0. The Balaban J connectivity index is 1.72. The molecule has 0 bridgehead atoms. The van der Waals surface area contributed by atoms with Crippen LogP contribution in [0.5, 0.6) is 0 Å². The molecule has 0 aliphatic heterocycles. The summed E-state index contributed by atoms with van der Waals surface area (Å²) < 4.78 is 15.0. The normalized spacial score (nSPS) is 10.6. The molecule has 10 heteroatoms. The third-order valence-corrected chi connectivity index (χ3v) is 5.13. The largest absolute Gasteiger partial charge is 0.381 e. The molecule has 32 heavy (non-hydrogen) atoms. The van der Waals surface area contributed by atoms with Gasteiger partial charge >= 0.3 is 0 Å². The van der Waals surface area contributed by atoms with Gasteiger partial charge in [-0.25, -0.2) is 14.1 Å². The van der Waals surface area contributed by atoms with Crippen molar-refractivity contribution in [2.75, 3.05) is 11.1 Å². The van der Waals surface area contributed by atoms with E-state index in [1.165, 1.54) is 22.9 Å². The number of anilines is 2. The van der Waals surface area contributed by atoms with Gasteiger partial charge in [0, 0.05) is 11.6 Å². The van der Waals surface area contributed by atoms with E-state index in [2.05, 4.69) is 15.4 Å². The van der Waals surface area contributed by atoms with Gasteiger partial charge in [-0.05, 0) is 30.3 Å². The third kappa shape index (κ3) is 4.12. The summed E-state index contributed by atoms with van der Waals surface area (Å²) in [5, 5.41) is 16.4. The number of hydrogen-bond acceptors (Lipinski definition) is 5. The number of carbonyl (C=O) groups is 1. The zero-order chi connectivity index (χ0) is 22.8. The van der Waals surface area contributed by atoms with Crippen LogP contribution >= 0.6 is 23.2 Å². The molecule has 4 rings (SSSR count). The molecule has 2 heterocycles. The van der Waals surface area contributed by atoms with Crippen molar-refractivity contribution >= 4 is 40.7 Å². The second-order valence-electron chi connectivity index (χ2n) is 6.61. The topological polar surface area (TPSA) is 110 Å². The number of amides is 1. The van der Waals surface area contributed by atoms with Crippen molar-refractivity contribution in [2.24, 2.45) is 0 Å². The predicted octanol–water partition coefficient (Wildman–Crippen LogP) is 5.09. The van der Waals surface area contributed by atoms with Gasteiger partial charge in [-0.15, -0.1) is 0 Å². The van der Waals surface area contributed by atoms with Crippen molar-refractivity contribution in [3.8, 4) is 23.0 Å². The van der Waals surface area contributed by atoms with Crippen LogP contribution in [0.25, 0.3) is 16.9 Å². The molecule has 0 spiro atoms. The Kier molecular flexibility index (Phi) is 5.77. The molecular formula is C22H13Cl2FN6O. The highest BCUT2D eigenvalue weighted by Gasteiger charge is 2.18. The molecule has 1 amide bonds. The Morgan fingerprint density at radius 2 is 1.84 bits per heavy atom. The summed E-state index contributed by atoms with van der Waals surface area (Å²) in [6, 6.07) is 18.0. The number of halogens is 3. The van der Waals surface area contributed by atoms with Crippen molar-refractivity contribution in [1.82, 2.24) is 14.8 Å². The van der Waals surface area contributed by atoms with E-state index in [0.29, 0.717) is 11.3 Å². The first-order valence-corrected chi connectivity index (χ1v) is 9.91. The third-order valence-electron chi connectivity index (χ3n) is 4.51. The van der Waals surface area contributed by atoms with Crippen molar-refractivity contribution in [1.29, 1.82) is 5.26 Å². The van der Waals surface area contributed by atoms with Crippen LogP contribution < -0.4 is 11.1 Å². The van der Waals surface area contributed by atoms with Crippen LogP contribution in [0.1, 0.15) is 16.1 Å². The van der Waals surface area contributed by atoms with Crippen molar-refractivity contribution in [3.63, 3.8) is 0 Å². The number of benzene rings is 2. The van der Waals surface area contributed by atoms with Crippen LogP contribution in [0.15, 0.2) is 60.7 Å². The van der Waals surface area contributed by atoms with Gasteiger partial charge in [0.15, 0.2) is 17.3 Å². The highest BCUT2D eigenvalue weighted by Crippen LogP contribution is 2.31. The molecule has 0 atom stereocenters. The van der Waals surface area contributed by atoms with Gasteiger partial charge in [0.05, 0.1) is 27.0 Å². The Bertz CT molecular complexity index is 1380. The number of nitriles is 1. The minimum Gasteiger partial charge on any atom is -0.381 e. The standard InChI is InChI=1S/C22H13Cl2FN6O/c23-16-7-6-12(20-17(24)10-18(25)21(27)29-20)8-15(16)22(32)28-19-9-13(11-26)30-31(19)14-4-2-1-3-5-14/h1-10H,(H2,27,29)(H,28,32). The van der Waals surface area contributed by atoms with E-state index in [9.17, 15) is 14.4 Å². The van der Waals surface area contributed by atoms with Gasteiger partial charge in [0.25, 0.3) is 5.91 Å². The Hall–Kier alpha value is -3.93. The molecule has 3 N–H and O–H groups in total. The molecule has 0 fully saturated rings. The number of nitrogen functional groups attached to an aromatic ring is 1.